The van der Waals surface area contributed by atoms with E-state index in [0.717, 1.165) is 37.1 Å². The van der Waals surface area contributed by atoms with Gasteiger partial charge in [-0.05, 0) is 50.7 Å². The number of hydrogen-bond acceptors (Lipinski definition) is 3. The molecule has 1 heterocycles. The Morgan fingerprint density at radius 3 is 2.83 bits per heavy atom. The fraction of sp³-hybridized carbons (Fsp3) is 0.571. The minimum absolute atomic E-state index is 0.576. The number of benzene rings is 1. The monoisotopic (exact) mass is 311 g/mol. The van der Waals surface area contributed by atoms with E-state index in [0.29, 0.717) is 6.04 Å². The summed E-state index contributed by atoms with van der Waals surface area (Å²) in [5, 5.41) is 0. The zero-order chi connectivity index (χ0) is 13.1. The van der Waals surface area contributed by atoms with E-state index in [-0.39, 0.29) is 0 Å². The summed E-state index contributed by atoms with van der Waals surface area (Å²) in [4.78, 5) is 4.92. The topological polar surface area (TPSA) is 32.5 Å². The van der Waals surface area contributed by atoms with Crippen molar-refractivity contribution in [2.75, 3.05) is 38.1 Å². The van der Waals surface area contributed by atoms with Gasteiger partial charge in [0.05, 0.1) is 0 Å². The van der Waals surface area contributed by atoms with E-state index in [1.54, 1.807) is 0 Å². The summed E-state index contributed by atoms with van der Waals surface area (Å²) in [5.74, 6) is 0. The predicted molar refractivity (Wildman–Crippen MR) is 81.2 cm³/mol. The highest BCUT2D eigenvalue weighted by Gasteiger charge is 2.24. The van der Waals surface area contributed by atoms with E-state index in [1.165, 1.54) is 11.3 Å². The first-order chi connectivity index (χ1) is 8.61. The predicted octanol–water partition coefficient (Wildman–Crippen LogP) is 2.23. The Morgan fingerprint density at radius 1 is 1.39 bits per heavy atom. The lowest BCUT2D eigenvalue weighted by atomic mass is 10.1. The molecule has 1 saturated heterocycles. The number of halogens is 1. The highest BCUT2D eigenvalue weighted by molar-refractivity contribution is 9.10. The van der Waals surface area contributed by atoms with Crippen LogP contribution in [0.5, 0.6) is 0 Å². The number of hydrogen-bond donors (Lipinski definition) is 1. The molecule has 100 valence electrons. The summed E-state index contributed by atoms with van der Waals surface area (Å²) in [5.41, 5.74) is 8.39. The van der Waals surface area contributed by atoms with Crippen LogP contribution >= 0.6 is 15.9 Å². The molecular formula is C14H22BrN3. The van der Waals surface area contributed by atoms with Crippen LogP contribution in [0.4, 0.5) is 5.69 Å². The van der Waals surface area contributed by atoms with Crippen molar-refractivity contribution >= 4 is 21.6 Å². The van der Waals surface area contributed by atoms with Gasteiger partial charge in [-0.25, -0.2) is 0 Å². The fourth-order valence-corrected chi connectivity index (χ4v) is 3.12. The van der Waals surface area contributed by atoms with Gasteiger partial charge in [0.15, 0.2) is 0 Å². The van der Waals surface area contributed by atoms with Gasteiger partial charge in [0.2, 0.25) is 0 Å². The van der Waals surface area contributed by atoms with E-state index in [9.17, 15) is 0 Å². The lowest BCUT2D eigenvalue weighted by molar-refractivity contribution is 0.210. The summed E-state index contributed by atoms with van der Waals surface area (Å²) < 4.78 is 1.15. The molecule has 2 rings (SSSR count). The summed E-state index contributed by atoms with van der Waals surface area (Å²) in [6, 6.07) is 7.10. The maximum Gasteiger partial charge on any atom is 0.0397 e. The third kappa shape index (κ3) is 3.05. The largest absolute Gasteiger partial charge is 0.368 e. The highest BCUT2D eigenvalue weighted by atomic mass is 79.9. The SMILES string of the molecule is Cc1cc(Br)ccc1N1CCN(C)C(CCN)C1. The lowest BCUT2D eigenvalue weighted by Crippen LogP contribution is -2.52. The van der Waals surface area contributed by atoms with Crippen molar-refractivity contribution in [2.24, 2.45) is 5.73 Å². The molecule has 1 aliphatic heterocycles. The molecule has 1 aliphatic rings. The van der Waals surface area contributed by atoms with Gasteiger partial charge in [-0.3, -0.25) is 4.90 Å². The fourth-order valence-electron chi connectivity index (χ4n) is 2.64. The van der Waals surface area contributed by atoms with E-state index in [4.69, 9.17) is 5.73 Å². The van der Waals surface area contributed by atoms with E-state index in [1.807, 2.05) is 0 Å². The molecule has 0 radical (unpaired) electrons. The molecule has 0 aromatic heterocycles. The van der Waals surface area contributed by atoms with Gasteiger partial charge >= 0.3 is 0 Å². The lowest BCUT2D eigenvalue weighted by Gasteiger charge is -2.41. The Bertz CT molecular complexity index is 408. The summed E-state index contributed by atoms with van der Waals surface area (Å²) in [6.07, 6.45) is 1.07. The van der Waals surface area contributed by atoms with Gasteiger partial charge < -0.3 is 10.6 Å². The minimum atomic E-state index is 0.576. The average Bonchev–Trinajstić information content (AvgIpc) is 2.33. The van der Waals surface area contributed by atoms with Crippen molar-refractivity contribution in [2.45, 2.75) is 19.4 Å². The van der Waals surface area contributed by atoms with E-state index >= 15 is 0 Å². The van der Waals surface area contributed by atoms with Crippen molar-refractivity contribution in [1.29, 1.82) is 0 Å². The first kappa shape index (κ1) is 13.8. The molecule has 2 N–H and O–H groups in total. The van der Waals surface area contributed by atoms with Crippen LogP contribution in [-0.2, 0) is 0 Å². The molecule has 0 aliphatic carbocycles. The van der Waals surface area contributed by atoms with Crippen molar-refractivity contribution in [3.63, 3.8) is 0 Å². The molecule has 18 heavy (non-hydrogen) atoms. The zero-order valence-corrected chi connectivity index (χ0v) is 12.8. The van der Waals surface area contributed by atoms with Crippen LogP contribution in [0.3, 0.4) is 0 Å². The van der Waals surface area contributed by atoms with Crippen molar-refractivity contribution in [3.8, 4) is 0 Å². The van der Waals surface area contributed by atoms with Crippen LogP contribution in [-0.4, -0.2) is 44.2 Å². The number of anilines is 1. The van der Waals surface area contributed by atoms with Crippen molar-refractivity contribution in [3.05, 3.63) is 28.2 Å². The molecule has 1 atom stereocenters. The average molecular weight is 312 g/mol. The van der Waals surface area contributed by atoms with Crippen LogP contribution in [0, 0.1) is 6.92 Å². The van der Waals surface area contributed by atoms with Gasteiger partial charge in [-0.15, -0.1) is 0 Å². The second-order valence-electron chi connectivity index (χ2n) is 5.09. The Hall–Kier alpha value is -0.580. The molecule has 0 saturated carbocycles. The minimum Gasteiger partial charge on any atom is -0.368 e. The van der Waals surface area contributed by atoms with Crippen molar-refractivity contribution in [1.82, 2.24) is 4.90 Å². The Kier molecular flexibility index (Phi) is 4.65. The summed E-state index contributed by atoms with van der Waals surface area (Å²) in [6.45, 7) is 6.23. The second-order valence-corrected chi connectivity index (χ2v) is 6.00. The zero-order valence-electron chi connectivity index (χ0n) is 11.2. The first-order valence-corrected chi connectivity index (χ1v) is 7.32. The molecule has 1 fully saturated rings. The van der Waals surface area contributed by atoms with Gasteiger partial charge in [-0.2, -0.15) is 0 Å². The molecule has 1 unspecified atom stereocenters. The standard InChI is InChI=1S/C14H22BrN3/c1-11-9-12(15)3-4-14(11)18-8-7-17(2)13(10-18)5-6-16/h3-4,9,13H,5-8,10,16H2,1-2H3. The van der Waals surface area contributed by atoms with Gasteiger partial charge in [-0.1, -0.05) is 15.9 Å². The van der Waals surface area contributed by atoms with Crippen molar-refractivity contribution < 1.29 is 0 Å². The number of aryl methyl sites for hydroxylation is 1. The first-order valence-electron chi connectivity index (χ1n) is 6.53. The number of nitrogens with zero attached hydrogens (tertiary/aromatic N) is 2. The quantitative estimate of drug-likeness (QED) is 0.929. The highest BCUT2D eigenvalue weighted by Crippen LogP contribution is 2.26. The number of piperazine rings is 1. The van der Waals surface area contributed by atoms with E-state index in [2.05, 4.69) is 57.9 Å². The number of likely N-dealkylation sites (N-methyl/N-ethyl adjacent to an activating group) is 1. The Balaban J connectivity index is 2.13. The molecule has 0 spiro atoms. The molecule has 0 bridgehead atoms. The molecule has 4 heteroatoms. The maximum absolute atomic E-state index is 5.70. The van der Waals surface area contributed by atoms with Gasteiger partial charge in [0.25, 0.3) is 0 Å². The van der Waals surface area contributed by atoms with Crippen LogP contribution in [0.1, 0.15) is 12.0 Å². The number of nitrogens with two attached hydrogens (primary N) is 1. The molecule has 3 nitrogen and oxygen atoms in total. The summed E-state index contributed by atoms with van der Waals surface area (Å²) in [7, 11) is 2.20. The third-order valence-electron chi connectivity index (χ3n) is 3.78. The van der Waals surface area contributed by atoms with Crippen LogP contribution in [0.25, 0.3) is 0 Å². The Labute approximate surface area is 118 Å². The van der Waals surface area contributed by atoms with Crippen LogP contribution in [0.2, 0.25) is 0 Å². The molecular weight excluding hydrogens is 290 g/mol. The maximum atomic E-state index is 5.70. The van der Waals surface area contributed by atoms with E-state index < -0.39 is 0 Å². The second kappa shape index (κ2) is 6.04. The van der Waals surface area contributed by atoms with Gasteiger partial charge in [0, 0.05) is 35.8 Å². The third-order valence-corrected chi connectivity index (χ3v) is 4.27. The molecule has 1 aromatic rings. The van der Waals surface area contributed by atoms with Crippen LogP contribution in [0.15, 0.2) is 22.7 Å². The van der Waals surface area contributed by atoms with Gasteiger partial charge in [0.1, 0.15) is 0 Å². The molecule has 1 aromatic carbocycles. The Morgan fingerprint density at radius 2 is 2.17 bits per heavy atom. The molecule has 0 amide bonds. The summed E-state index contributed by atoms with van der Waals surface area (Å²) >= 11 is 3.52. The smallest absolute Gasteiger partial charge is 0.0397 e. The number of rotatable bonds is 3. The van der Waals surface area contributed by atoms with Crippen LogP contribution < -0.4 is 10.6 Å². The normalized spacial score (nSPS) is 21.3.